The van der Waals surface area contributed by atoms with E-state index in [1.807, 2.05) is 0 Å². The normalized spacial score (nSPS) is 10.6. The fraction of sp³-hybridized carbons (Fsp3) is 0.375. The summed E-state index contributed by atoms with van der Waals surface area (Å²) in [6.07, 6.45) is -3.03. The second kappa shape index (κ2) is 4.79. The van der Waals surface area contributed by atoms with Crippen molar-refractivity contribution in [2.24, 2.45) is 0 Å². The number of hydrogen-bond acceptors (Lipinski definition) is 5. The van der Waals surface area contributed by atoms with Crippen LogP contribution in [0.15, 0.2) is 6.07 Å². The first-order valence-electron chi connectivity index (χ1n) is 4.12. The van der Waals surface area contributed by atoms with Crippen molar-refractivity contribution in [2.75, 3.05) is 7.11 Å². The highest BCUT2D eigenvalue weighted by Gasteiger charge is 2.27. The zero-order valence-electron chi connectivity index (χ0n) is 8.18. The monoisotopic (exact) mass is 234 g/mol. The molecule has 1 aromatic rings. The first-order valence-corrected chi connectivity index (χ1v) is 4.12. The molecule has 0 saturated carbocycles. The van der Waals surface area contributed by atoms with Gasteiger partial charge in [-0.05, 0) is 9.91 Å². The smallest absolute Gasteiger partial charge is 0.373 e. The maximum absolute atomic E-state index is 12.5. The van der Waals surface area contributed by atoms with E-state index in [1.165, 1.54) is 7.11 Å². The lowest BCUT2D eigenvalue weighted by atomic mass is 10.2. The number of aromatic nitrogens is 1. The molecule has 0 bridgehead atoms. The molecule has 0 aliphatic heterocycles. The van der Waals surface area contributed by atoms with Crippen LogP contribution in [0.5, 0.6) is 5.75 Å². The average molecular weight is 234 g/mol. The van der Waals surface area contributed by atoms with Gasteiger partial charge in [-0.3, -0.25) is 0 Å². The Hall–Kier alpha value is -1.83. The molecule has 0 saturated heterocycles. The molecule has 16 heavy (non-hydrogen) atoms. The van der Waals surface area contributed by atoms with Gasteiger partial charge in [0.05, 0.1) is 7.11 Å². The molecule has 1 N–H and O–H groups in total. The second-order valence-corrected chi connectivity index (χ2v) is 2.77. The molecule has 0 aliphatic rings. The average Bonchev–Trinajstić information content (AvgIpc) is 2.26. The largest absolute Gasteiger partial charge is 0.492 e. The van der Waals surface area contributed by atoms with Crippen molar-refractivity contribution >= 4 is 5.82 Å². The number of nitro groups is 1. The maximum Gasteiger partial charge on any atom is 0.373 e. The summed E-state index contributed by atoms with van der Waals surface area (Å²) in [6.45, 7) is -0.631. The third-order valence-corrected chi connectivity index (χ3v) is 1.85. The van der Waals surface area contributed by atoms with E-state index in [1.54, 1.807) is 0 Å². The SMILES string of the molecule is COc1cc(C(F)F)c([N+](=O)[O-])nc1CO. The van der Waals surface area contributed by atoms with Crippen molar-refractivity contribution in [3.8, 4) is 5.75 Å². The third-order valence-electron chi connectivity index (χ3n) is 1.85. The van der Waals surface area contributed by atoms with Gasteiger partial charge in [0.25, 0.3) is 6.43 Å². The fourth-order valence-corrected chi connectivity index (χ4v) is 1.13. The Labute approximate surface area is 88.6 Å². The van der Waals surface area contributed by atoms with Crippen molar-refractivity contribution in [3.63, 3.8) is 0 Å². The van der Waals surface area contributed by atoms with Crippen LogP contribution in [0.4, 0.5) is 14.6 Å². The van der Waals surface area contributed by atoms with E-state index < -0.39 is 29.3 Å². The highest BCUT2D eigenvalue weighted by atomic mass is 19.3. The number of nitrogens with zero attached hydrogens (tertiary/aromatic N) is 2. The maximum atomic E-state index is 12.5. The lowest BCUT2D eigenvalue weighted by molar-refractivity contribution is -0.391. The van der Waals surface area contributed by atoms with Gasteiger partial charge in [-0.2, -0.15) is 0 Å². The number of rotatable bonds is 4. The van der Waals surface area contributed by atoms with Crippen LogP contribution in [0, 0.1) is 10.1 Å². The van der Waals surface area contributed by atoms with Crippen LogP contribution in [-0.2, 0) is 6.61 Å². The van der Waals surface area contributed by atoms with E-state index in [0.29, 0.717) is 0 Å². The molecule has 0 aromatic carbocycles. The van der Waals surface area contributed by atoms with Gasteiger partial charge in [-0.1, -0.05) is 0 Å². The van der Waals surface area contributed by atoms with Crippen LogP contribution in [0.25, 0.3) is 0 Å². The lowest BCUT2D eigenvalue weighted by Gasteiger charge is -2.06. The number of methoxy groups -OCH3 is 1. The van der Waals surface area contributed by atoms with E-state index in [0.717, 1.165) is 6.07 Å². The molecular weight excluding hydrogens is 226 g/mol. The molecule has 8 heteroatoms. The summed E-state index contributed by atoms with van der Waals surface area (Å²) in [5.41, 5.74) is -0.988. The summed E-state index contributed by atoms with van der Waals surface area (Å²) in [7, 11) is 1.19. The Kier molecular flexibility index (Phi) is 3.67. The summed E-state index contributed by atoms with van der Waals surface area (Å²) in [5, 5.41) is 19.3. The Bertz CT molecular complexity index is 411. The standard InChI is InChI=1S/C8H8F2N2O4/c1-16-6-2-4(7(9)10)8(12(14)15)11-5(6)3-13/h2,7,13H,3H2,1H3. The molecule has 0 aliphatic carbocycles. The van der Waals surface area contributed by atoms with Crippen molar-refractivity contribution < 1.29 is 23.5 Å². The Morgan fingerprint density at radius 1 is 1.69 bits per heavy atom. The van der Waals surface area contributed by atoms with Crippen molar-refractivity contribution in [1.82, 2.24) is 4.98 Å². The molecule has 1 rings (SSSR count). The molecule has 1 heterocycles. The van der Waals surface area contributed by atoms with Crippen LogP contribution in [0.3, 0.4) is 0 Å². The molecule has 0 unspecified atom stereocenters. The molecule has 0 fully saturated rings. The number of aliphatic hydroxyl groups excluding tert-OH is 1. The van der Waals surface area contributed by atoms with Gasteiger partial charge in [0.2, 0.25) is 5.69 Å². The van der Waals surface area contributed by atoms with Gasteiger partial charge < -0.3 is 20.0 Å². The van der Waals surface area contributed by atoms with Crippen LogP contribution < -0.4 is 4.74 Å². The highest BCUT2D eigenvalue weighted by Crippen LogP contribution is 2.32. The Morgan fingerprint density at radius 3 is 2.69 bits per heavy atom. The zero-order chi connectivity index (χ0) is 12.3. The number of hydrogen-bond donors (Lipinski definition) is 1. The number of ether oxygens (including phenoxy) is 1. The summed E-state index contributed by atoms with van der Waals surface area (Å²) in [4.78, 5) is 12.8. The Morgan fingerprint density at radius 2 is 2.31 bits per heavy atom. The van der Waals surface area contributed by atoms with Crippen molar-refractivity contribution in [1.29, 1.82) is 0 Å². The number of alkyl halides is 2. The van der Waals surface area contributed by atoms with E-state index in [4.69, 9.17) is 5.11 Å². The Balaban J connectivity index is 3.41. The predicted molar refractivity (Wildman–Crippen MR) is 48.3 cm³/mol. The first-order chi connectivity index (χ1) is 7.51. The van der Waals surface area contributed by atoms with Crippen LogP contribution in [-0.4, -0.2) is 22.1 Å². The molecule has 0 radical (unpaired) electrons. The summed E-state index contributed by atoms with van der Waals surface area (Å²) < 4.78 is 29.6. The van der Waals surface area contributed by atoms with Gasteiger partial charge in [-0.15, -0.1) is 0 Å². The predicted octanol–water partition coefficient (Wildman–Crippen LogP) is 1.43. The summed E-state index contributed by atoms with van der Waals surface area (Å²) >= 11 is 0. The molecule has 1 aromatic heterocycles. The highest BCUT2D eigenvalue weighted by molar-refractivity contribution is 5.42. The van der Waals surface area contributed by atoms with Crippen LogP contribution >= 0.6 is 0 Å². The van der Waals surface area contributed by atoms with E-state index >= 15 is 0 Å². The van der Waals surface area contributed by atoms with Gasteiger partial charge >= 0.3 is 5.82 Å². The van der Waals surface area contributed by atoms with E-state index in [9.17, 15) is 18.9 Å². The quantitative estimate of drug-likeness (QED) is 0.629. The molecule has 88 valence electrons. The first kappa shape index (κ1) is 12.2. The molecule has 0 spiro atoms. The minimum Gasteiger partial charge on any atom is -0.492 e. The minimum absolute atomic E-state index is 0.108. The fourth-order valence-electron chi connectivity index (χ4n) is 1.13. The van der Waals surface area contributed by atoms with E-state index in [-0.39, 0.29) is 11.4 Å². The van der Waals surface area contributed by atoms with Crippen LogP contribution in [0.1, 0.15) is 17.7 Å². The number of aliphatic hydroxyl groups is 1. The second-order valence-electron chi connectivity index (χ2n) is 2.77. The van der Waals surface area contributed by atoms with Gasteiger partial charge in [0.1, 0.15) is 12.2 Å². The minimum atomic E-state index is -3.03. The zero-order valence-corrected chi connectivity index (χ0v) is 8.18. The van der Waals surface area contributed by atoms with E-state index in [2.05, 4.69) is 9.72 Å². The number of pyridine rings is 1. The van der Waals surface area contributed by atoms with Crippen molar-refractivity contribution in [3.05, 3.63) is 27.4 Å². The molecule has 0 amide bonds. The van der Waals surface area contributed by atoms with Gasteiger partial charge in [0.15, 0.2) is 5.75 Å². The van der Waals surface area contributed by atoms with Gasteiger partial charge in [-0.25, -0.2) is 8.78 Å². The molecule has 0 atom stereocenters. The molecule has 6 nitrogen and oxygen atoms in total. The molecular formula is C8H8F2N2O4. The van der Waals surface area contributed by atoms with Gasteiger partial charge in [0, 0.05) is 6.07 Å². The third kappa shape index (κ3) is 2.22. The number of halogens is 2. The summed E-state index contributed by atoms with van der Waals surface area (Å²) in [5.74, 6) is -1.08. The van der Waals surface area contributed by atoms with Crippen LogP contribution in [0.2, 0.25) is 0 Å². The lowest BCUT2D eigenvalue weighted by Crippen LogP contribution is -2.04. The topological polar surface area (TPSA) is 85.5 Å². The summed E-state index contributed by atoms with van der Waals surface area (Å²) in [6, 6.07) is 0.807. The van der Waals surface area contributed by atoms with Crippen molar-refractivity contribution in [2.45, 2.75) is 13.0 Å².